The zero-order valence-electron chi connectivity index (χ0n) is 9.60. The molecule has 0 bridgehead atoms. The molecule has 0 spiro atoms. The summed E-state index contributed by atoms with van der Waals surface area (Å²) >= 11 is 0. The fraction of sp³-hybridized carbons (Fsp3) is 0. The number of nitrogens with one attached hydrogen (secondary N) is 5. The second kappa shape index (κ2) is 4.96. The van der Waals surface area contributed by atoms with Gasteiger partial charge in [0, 0.05) is 0 Å². The summed E-state index contributed by atoms with van der Waals surface area (Å²) in [6.07, 6.45) is 1.33. The second-order valence-electron chi connectivity index (χ2n) is 3.23. The molecule has 20 heavy (non-hydrogen) atoms. The van der Waals surface area contributed by atoms with E-state index in [1.165, 1.54) is 6.33 Å². The van der Waals surface area contributed by atoms with Crippen molar-refractivity contribution in [1.29, 1.82) is 5.53 Å². The second-order valence-corrected chi connectivity index (χ2v) is 3.23. The highest BCUT2D eigenvalue weighted by Gasteiger charge is 2.06. The summed E-state index contributed by atoms with van der Waals surface area (Å²) in [5.41, 5.74) is 6.74. The molecular formula is C6H6N14. The van der Waals surface area contributed by atoms with Crippen LogP contribution in [0.4, 0.5) is 29.7 Å². The molecule has 3 heterocycles. The van der Waals surface area contributed by atoms with Gasteiger partial charge in [-0.05, 0) is 0 Å². The normalized spacial score (nSPS) is 10.2. The average molecular weight is 274 g/mol. The summed E-state index contributed by atoms with van der Waals surface area (Å²) in [5, 5.41) is 35.8. The van der Waals surface area contributed by atoms with Gasteiger partial charge in [-0.15, -0.1) is 30.6 Å². The van der Waals surface area contributed by atoms with Crippen molar-refractivity contribution in [3.05, 3.63) is 6.33 Å². The maximum absolute atomic E-state index is 6.74. The number of anilines is 4. The minimum Gasteiger partial charge on any atom is -0.290 e. The zero-order valence-corrected chi connectivity index (χ0v) is 9.60. The van der Waals surface area contributed by atoms with E-state index in [2.05, 4.69) is 66.5 Å². The van der Waals surface area contributed by atoms with E-state index >= 15 is 0 Å². The number of aromatic amines is 2. The van der Waals surface area contributed by atoms with Gasteiger partial charge in [0.05, 0.1) is 0 Å². The largest absolute Gasteiger partial charge is 0.290 e. The lowest BCUT2D eigenvalue weighted by Crippen LogP contribution is -2.06. The van der Waals surface area contributed by atoms with Gasteiger partial charge in [0.2, 0.25) is 5.95 Å². The van der Waals surface area contributed by atoms with Crippen LogP contribution >= 0.6 is 0 Å². The van der Waals surface area contributed by atoms with E-state index in [0.717, 1.165) is 0 Å². The lowest BCUT2D eigenvalue weighted by Gasteiger charge is -1.99. The Morgan fingerprint density at radius 1 is 1.00 bits per heavy atom. The van der Waals surface area contributed by atoms with Crippen molar-refractivity contribution in [2.24, 2.45) is 5.11 Å². The third-order valence-electron chi connectivity index (χ3n) is 1.93. The van der Waals surface area contributed by atoms with Gasteiger partial charge >= 0.3 is 0 Å². The molecule has 0 saturated heterocycles. The molecule has 0 aliphatic rings. The lowest BCUT2D eigenvalue weighted by atomic mass is 10.8. The monoisotopic (exact) mass is 274 g/mol. The first kappa shape index (κ1) is 11.5. The third kappa shape index (κ3) is 2.47. The fourth-order valence-corrected chi connectivity index (χ4v) is 1.16. The standard InChI is InChI=1S/C6H6N14/c7-13-4-11-3(15-16-4)12-6-19-17-5(18-20-6)10-2-8-1-9-14-2/h1,7H,(H2,8,9,10,14,17,18)(H2,11,12,15,16,19,20). The lowest BCUT2D eigenvalue weighted by molar-refractivity contribution is 0.869. The maximum atomic E-state index is 6.74. The van der Waals surface area contributed by atoms with Crippen molar-refractivity contribution in [2.45, 2.75) is 0 Å². The molecule has 0 unspecified atom stereocenters. The van der Waals surface area contributed by atoms with Crippen molar-refractivity contribution < 1.29 is 0 Å². The van der Waals surface area contributed by atoms with E-state index in [9.17, 15) is 0 Å². The van der Waals surface area contributed by atoms with Crippen molar-refractivity contribution in [3.8, 4) is 0 Å². The van der Waals surface area contributed by atoms with E-state index in [1.54, 1.807) is 0 Å². The molecule has 0 aromatic carbocycles. The Balaban J connectivity index is 1.68. The van der Waals surface area contributed by atoms with Gasteiger partial charge in [-0.25, -0.2) is 15.7 Å². The predicted molar refractivity (Wildman–Crippen MR) is 61.8 cm³/mol. The van der Waals surface area contributed by atoms with Gasteiger partial charge in [-0.3, -0.25) is 10.6 Å². The molecular weight excluding hydrogens is 268 g/mol. The Morgan fingerprint density at radius 3 is 2.35 bits per heavy atom. The summed E-state index contributed by atoms with van der Waals surface area (Å²) in [6.45, 7) is 0. The summed E-state index contributed by atoms with van der Waals surface area (Å²) in [6, 6.07) is 0. The molecule has 3 aromatic rings. The minimum absolute atomic E-state index is 0.0528. The van der Waals surface area contributed by atoms with Crippen LogP contribution in [0, 0.1) is 5.53 Å². The zero-order chi connectivity index (χ0) is 13.8. The Labute approximate surface area is 109 Å². The number of H-pyrrole nitrogens is 2. The molecule has 3 aromatic heterocycles. The highest BCUT2D eigenvalue weighted by molar-refractivity contribution is 5.44. The van der Waals surface area contributed by atoms with Crippen LogP contribution in [-0.4, -0.2) is 50.8 Å². The highest BCUT2D eigenvalue weighted by Crippen LogP contribution is 2.10. The number of rotatable bonds is 5. The molecule has 0 radical (unpaired) electrons. The van der Waals surface area contributed by atoms with Crippen LogP contribution in [0.2, 0.25) is 0 Å². The molecule has 100 valence electrons. The van der Waals surface area contributed by atoms with Crippen molar-refractivity contribution >= 4 is 29.7 Å². The molecule has 0 atom stereocenters. The Hall–Kier alpha value is -3.58. The molecule has 5 N–H and O–H groups in total. The van der Waals surface area contributed by atoms with Gasteiger partial charge in [-0.2, -0.15) is 15.1 Å². The molecule has 0 amide bonds. The van der Waals surface area contributed by atoms with Gasteiger partial charge < -0.3 is 0 Å². The summed E-state index contributed by atoms with van der Waals surface area (Å²) in [7, 11) is 0. The molecule has 0 fully saturated rings. The maximum Gasteiger partial charge on any atom is 0.269 e. The van der Waals surface area contributed by atoms with Crippen LogP contribution in [0.25, 0.3) is 0 Å². The summed E-state index contributed by atoms with van der Waals surface area (Å²) in [4.78, 5) is 7.63. The van der Waals surface area contributed by atoms with E-state index in [1.807, 2.05) is 0 Å². The SMILES string of the molecule is N=Nc1nc(Nc2nnc(Nc3ncn[nH]3)nn2)n[nH]1. The number of nitrogens with zero attached hydrogens (tertiary/aromatic N) is 9. The first-order valence-electron chi connectivity index (χ1n) is 5.10. The average Bonchev–Trinajstić information content (AvgIpc) is 3.12. The first-order valence-corrected chi connectivity index (χ1v) is 5.10. The van der Waals surface area contributed by atoms with Gasteiger partial charge in [0.1, 0.15) is 6.33 Å². The molecule has 14 nitrogen and oxygen atoms in total. The van der Waals surface area contributed by atoms with Gasteiger partial charge in [-0.1, -0.05) is 0 Å². The first-order chi connectivity index (χ1) is 9.83. The minimum atomic E-state index is 0.0528. The van der Waals surface area contributed by atoms with E-state index in [-0.39, 0.29) is 23.8 Å². The smallest absolute Gasteiger partial charge is 0.269 e. The fourth-order valence-electron chi connectivity index (χ4n) is 1.16. The van der Waals surface area contributed by atoms with Crippen LogP contribution in [-0.2, 0) is 0 Å². The van der Waals surface area contributed by atoms with Crippen LogP contribution in [0.3, 0.4) is 0 Å². The predicted octanol–water partition coefficient (Wildman–Crippen LogP) is -0.348. The van der Waals surface area contributed by atoms with Crippen molar-refractivity contribution in [1.82, 2.24) is 50.8 Å². The van der Waals surface area contributed by atoms with E-state index in [4.69, 9.17) is 5.53 Å². The summed E-state index contributed by atoms with van der Waals surface area (Å²) in [5.74, 6) is 0.797. The third-order valence-corrected chi connectivity index (χ3v) is 1.93. The number of aromatic nitrogens is 10. The Bertz CT molecular complexity index is 681. The van der Waals surface area contributed by atoms with E-state index < -0.39 is 0 Å². The van der Waals surface area contributed by atoms with Crippen LogP contribution in [0.5, 0.6) is 0 Å². The van der Waals surface area contributed by atoms with Crippen molar-refractivity contribution in [2.75, 3.05) is 10.6 Å². The number of hydrogen-bond acceptors (Lipinski definition) is 12. The molecule has 0 aliphatic heterocycles. The topological polar surface area (TPSA) is 195 Å². The van der Waals surface area contributed by atoms with Crippen LogP contribution in [0.1, 0.15) is 0 Å². The van der Waals surface area contributed by atoms with Crippen molar-refractivity contribution in [3.63, 3.8) is 0 Å². The summed E-state index contributed by atoms with van der Waals surface area (Å²) < 4.78 is 0. The quantitative estimate of drug-likeness (QED) is 0.383. The van der Waals surface area contributed by atoms with Gasteiger partial charge in [0.15, 0.2) is 0 Å². The van der Waals surface area contributed by atoms with Crippen LogP contribution in [0.15, 0.2) is 11.4 Å². The number of hydrogen-bond donors (Lipinski definition) is 5. The molecule has 0 saturated carbocycles. The Morgan fingerprint density at radius 2 is 1.75 bits per heavy atom. The molecule has 14 heteroatoms. The molecule has 3 rings (SSSR count). The van der Waals surface area contributed by atoms with Gasteiger partial charge in [0.25, 0.3) is 23.8 Å². The molecule has 0 aliphatic carbocycles. The van der Waals surface area contributed by atoms with Crippen LogP contribution < -0.4 is 10.6 Å². The van der Waals surface area contributed by atoms with E-state index in [0.29, 0.717) is 5.95 Å². The highest BCUT2D eigenvalue weighted by atomic mass is 15.4. The Kier molecular flexibility index (Phi) is 2.85.